The minimum Gasteiger partial charge on any atom is -0.496 e. The number of benzene rings is 1. The van der Waals surface area contributed by atoms with E-state index >= 15 is 0 Å². The van der Waals surface area contributed by atoms with Gasteiger partial charge in [-0.25, -0.2) is 0 Å². The van der Waals surface area contributed by atoms with Gasteiger partial charge in [-0.15, -0.1) is 0 Å². The third kappa shape index (κ3) is 2.38. The highest BCUT2D eigenvalue weighted by Crippen LogP contribution is 2.36. The average Bonchev–Trinajstić information content (AvgIpc) is 2.88. The van der Waals surface area contributed by atoms with Crippen LogP contribution >= 0.6 is 0 Å². The lowest BCUT2D eigenvalue weighted by atomic mass is 9.91. The minimum atomic E-state index is -0.421. The van der Waals surface area contributed by atoms with Gasteiger partial charge in [-0.05, 0) is 37.8 Å². The Morgan fingerprint density at radius 2 is 2.00 bits per heavy atom. The zero-order valence-corrected chi connectivity index (χ0v) is 12.2. The van der Waals surface area contributed by atoms with Crippen LogP contribution in [0.1, 0.15) is 42.1 Å². The number of carbonyl (C=O) groups excluding carboxylic acids is 1. The Bertz CT molecular complexity index is 669. The predicted molar refractivity (Wildman–Crippen MR) is 82.5 cm³/mol. The van der Waals surface area contributed by atoms with Crippen LogP contribution in [0.15, 0.2) is 24.4 Å². The second kappa shape index (κ2) is 5.41. The van der Waals surface area contributed by atoms with Crippen molar-refractivity contribution >= 4 is 16.8 Å². The Balaban J connectivity index is 2.13. The Morgan fingerprint density at radius 1 is 1.29 bits per heavy atom. The first-order valence-electron chi connectivity index (χ1n) is 7.34. The van der Waals surface area contributed by atoms with Crippen LogP contribution in [0, 0.1) is 0 Å². The molecule has 0 bridgehead atoms. The molecule has 0 saturated heterocycles. The molecule has 1 aromatic heterocycles. The first kappa shape index (κ1) is 13.9. The highest BCUT2D eigenvalue weighted by atomic mass is 16.5. The molecule has 0 aliphatic heterocycles. The quantitative estimate of drug-likeness (QED) is 0.907. The van der Waals surface area contributed by atoms with E-state index in [1.807, 2.05) is 24.4 Å². The molecule has 4 N–H and O–H groups in total. The van der Waals surface area contributed by atoms with Crippen LogP contribution in [-0.2, 0) is 0 Å². The number of ether oxygens (including phenoxy) is 1. The second-order valence-electron chi connectivity index (χ2n) is 5.74. The lowest BCUT2D eigenvalue weighted by Crippen LogP contribution is -2.27. The Kier molecular flexibility index (Phi) is 3.59. The Morgan fingerprint density at radius 3 is 2.62 bits per heavy atom. The summed E-state index contributed by atoms with van der Waals surface area (Å²) in [5.41, 5.74) is 13.1. The monoisotopic (exact) mass is 287 g/mol. The number of fused-ring (bicyclic) bond motifs is 1. The van der Waals surface area contributed by atoms with Crippen LogP contribution in [0.3, 0.4) is 0 Å². The second-order valence-corrected chi connectivity index (χ2v) is 5.74. The maximum atomic E-state index is 11.8. The molecule has 0 spiro atoms. The van der Waals surface area contributed by atoms with Gasteiger partial charge >= 0.3 is 0 Å². The normalized spacial score (nSPS) is 22.4. The van der Waals surface area contributed by atoms with Gasteiger partial charge in [0.1, 0.15) is 5.75 Å². The summed E-state index contributed by atoms with van der Waals surface area (Å²) in [6.45, 7) is 0. The first-order chi connectivity index (χ1) is 10.1. The number of carbonyl (C=O) groups is 1. The van der Waals surface area contributed by atoms with E-state index in [1.54, 1.807) is 7.11 Å². The van der Waals surface area contributed by atoms with Crippen LogP contribution in [0.25, 0.3) is 10.9 Å². The molecule has 112 valence electrons. The number of nitrogens with two attached hydrogens (primary N) is 2. The molecule has 3 rings (SSSR count). The molecule has 1 fully saturated rings. The van der Waals surface area contributed by atoms with Gasteiger partial charge in [0, 0.05) is 18.3 Å². The summed E-state index contributed by atoms with van der Waals surface area (Å²) in [4.78, 5) is 11.8. The first-order valence-corrected chi connectivity index (χ1v) is 7.34. The molecule has 5 heteroatoms. The average molecular weight is 287 g/mol. The molecule has 0 radical (unpaired) electrons. The van der Waals surface area contributed by atoms with Crippen molar-refractivity contribution in [2.24, 2.45) is 11.5 Å². The molecule has 5 nitrogen and oxygen atoms in total. The van der Waals surface area contributed by atoms with Crippen molar-refractivity contribution in [3.8, 4) is 5.75 Å². The lowest BCUT2D eigenvalue weighted by Gasteiger charge is -2.28. The zero-order chi connectivity index (χ0) is 15.0. The van der Waals surface area contributed by atoms with Crippen molar-refractivity contribution in [1.29, 1.82) is 0 Å². The largest absolute Gasteiger partial charge is 0.496 e. The van der Waals surface area contributed by atoms with Crippen molar-refractivity contribution in [2.45, 2.75) is 37.8 Å². The van der Waals surface area contributed by atoms with E-state index in [9.17, 15) is 4.79 Å². The van der Waals surface area contributed by atoms with Crippen molar-refractivity contribution in [1.82, 2.24) is 4.57 Å². The highest BCUT2D eigenvalue weighted by Gasteiger charge is 2.24. The van der Waals surface area contributed by atoms with Gasteiger partial charge in [0.05, 0.1) is 23.6 Å². The van der Waals surface area contributed by atoms with Gasteiger partial charge in [0.2, 0.25) is 0 Å². The zero-order valence-electron chi connectivity index (χ0n) is 12.2. The molecule has 2 aromatic rings. The molecule has 1 heterocycles. The molecule has 0 unspecified atom stereocenters. The standard InChI is InChI=1S/C16H21N3O2/c1-21-14-4-2-3-13-15(14)12(16(18)20)9-19(13)11-7-5-10(17)6-8-11/h2-4,9-11H,5-8,17H2,1H3,(H2,18,20). The van der Waals surface area contributed by atoms with Crippen LogP contribution in [-0.4, -0.2) is 23.6 Å². The maximum Gasteiger partial charge on any atom is 0.251 e. The fourth-order valence-electron chi connectivity index (χ4n) is 3.32. The van der Waals surface area contributed by atoms with E-state index in [1.165, 1.54) is 0 Å². The summed E-state index contributed by atoms with van der Waals surface area (Å²) in [7, 11) is 1.61. The van der Waals surface area contributed by atoms with Gasteiger partial charge < -0.3 is 20.8 Å². The highest BCUT2D eigenvalue weighted by molar-refractivity contribution is 6.08. The van der Waals surface area contributed by atoms with Gasteiger partial charge in [-0.1, -0.05) is 6.07 Å². The molecular weight excluding hydrogens is 266 g/mol. The minimum absolute atomic E-state index is 0.299. The number of primary amides is 1. The summed E-state index contributed by atoms with van der Waals surface area (Å²) in [6, 6.07) is 6.48. The van der Waals surface area contributed by atoms with Crippen LogP contribution in [0.5, 0.6) is 5.75 Å². The summed E-state index contributed by atoms with van der Waals surface area (Å²) in [5.74, 6) is 0.267. The van der Waals surface area contributed by atoms with Gasteiger partial charge in [-0.2, -0.15) is 0 Å². The molecule has 1 amide bonds. The summed E-state index contributed by atoms with van der Waals surface area (Å²) in [6.07, 6.45) is 5.96. The molecule has 21 heavy (non-hydrogen) atoms. The van der Waals surface area contributed by atoms with Gasteiger partial charge in [0.25, 0.3) is 5.91 Å². The third-order valence-electron chi connectivity index (χ3n) is 4.44. The van der Waals surface area contributed by atoms with Crippen LogP contribution in [0.2, 0.25) is 0 Å². The third-order valence-corrected chi connectivity index (χ3v) is 4.44. The van der Waals surface area contributed by atoms with E-state index in [0.29, 0.717) is 23.4 Å². The van der Waals surface area contributed by atoms with Gasteiger partial charge in [-0.3, -0.25) is 4.79 Å². The SMILES string of the molecule is COc1cccc2c1c(C(N)=O)cn2C1CCC(N)CC1. The Hall–Kier alpha value is -2.01. The molecule has 0 atom stereocenters. The molecular formula is C16H21N3O2. The fourth-order valence-corrected chi connectivity index (χ4v) is 3.32. The summed E-state index contributed by atoms with van der Waals surface area (Å²) < 4.78 is 7.57. The van der Waals surface area contributed by atoms with E-state index in [0.717, 1.165) is 36.6 Å². The van der Waals surface area contributed by atoms with Crippen LogP contribution < -0.4 is 16.2 Å². The van der Waals surface area contributed by atoms with E-state index in [-0.39, 0.29) is 0 Å². The topological polar surface area (TPSA) is 83.3 Å². The molecule has 1 saturated carbocycles. The van der Waals surface area contributed by atoms with Crippen molar-refractivity contribution in [3.05, 3.63) is 30.0 Å². The van der Waals surface area contributed by atoms with E-state index in [4.69, 9.17) is 16.2 Å². The number of amides is 1. The van der Waals surface area contributed by atoms with E-state index in [2.05, 4.69) is 4.57 Å². The smallest absolute Gasteiger partial charge is 0.251 e. The molecule has 1 aliphatic rings. The van der Waals surface area contributed by atoms with Crippen molar-refractivity contribution in [2.75, 3.05) is 7.11 Å². The van der Waals surface area contributed by atoms with E-state index < -0.39 is 5.91 Å². The fraction of sp³-hybridized carbons (Fsp3) is 0.438. The Labute approximate surface area is 123 Å². The summed E-state index contributed by atoms with van der Waals surface area (Å²) in [5, 5.41) is 0.808. The summed E-state index contributed by atoms with van der Waals surface area (Å²) >= 11 is 0. The lowest BCUT2D eigenvalue weighted by molar-refractivity contribution is 0.100. The number of hydrogen-bond donors (Lipinski definition) is 2. The predicted octanol–water partition coefficient (Wildman–Crippen LogP) is 2.19. The van der Waals surface area contributed by atoms with Gasteiger partial charge in [0.15, 0.2) is 0 Å². The number of aromatic nitrogens is 1. The number of nitrogens with zero attached hydrogens (tertiary/aromatic N) is 1. The van der Waals surface area contributed by atoms with Crippen molar-refractivity contribution in [3.63, 3.8) is 0 Å². The number of methoxy groups -OCH3 is 1. The maximum absolute atomic E-state index is 11.8. The van der Waals surface area contributed by atoms with Crippen molar-refractivity contribution < 1.29 is 9.53 Å². The molecule has 1 aromatic carbocycles. The number of rotatable bonds is 3. The molecule has 1 aliphatic carbocycles. The number of hydrogen-bond acceptors (Lipinski definition) is 3. The van der Waals surface area contributed by atoms with Crippen LogP contribution in [0.4, 0.5) is 0 Å².